The number of hydrogen-bond acceptors (Lipinski definition) is 8. The van der Waals surface area contributed by atoms with Crippen molar-refractivity contribution in [2.45, 2.75) is 121 Å². The largest absolute Gasteiger partial charge is 0.508 e. The summed E-state index contributed by atoms with van der Waals surface area (Å²) in [7, 11) is 0. The zero-order valence-electron chi connectivity index (χ0n) is 21.6. The van der Waals surface area contributed by atoms with Gasteiger partial charge >= 0.3 is 11.9 Å². The molecule has 36 heavy (non-hydrogen) atoms. The van der Waals surface area contributed by atoms with E-state index >= 15 is 0 Å². The van der Waals surface area contributed by atoms with Gasteiger partial charge in [0, 0.05) is 18.3 Å². The van der Waals surface area contributed by atoms with Crippen LogP contribution in [-0.4, -0.2) is 58.5 Å². The molecule has 200 valence electrons. The summed E-state index contributed by atoms with van der Waals surface area (Å²) in [6, 6.07) is 7.32. The molecule has 4 rings (SSSR count). The van der Waals surface area contributed by atoms with E-state index in [0.29, 0.717) is 19.3 Å². The van der Waals surface area contributed by atoms with Crippen LogP contribution in [0.15, 0.2) is 24.3 Å². The first-order valence-electron chi connectivity index (χ1n) is 13.3. The molecular formula is C28H40O8. The fraction of sp³-hybridized carbons (Fsp3) is 0.714. The SMILES string of the molecule is C[C@@H](O)[C@H]1CC(=O)O[C@@H]2C[C@@H](CCCCc3cccc(O)c3)O[C@@]3(C2)O[C@H](CCC3(C)C)CC(=O)O1. The number of carbonyl (C=O) groups is 2. The van der Waals surface area contributed by atoms with Crippen molar-refractivity contribution in [2.24, 2.45) is 5.41 Å². The third-order valence-corrected chi connectivity index (χ3v) is 7.89. The highest BCUT2D eigenvalue weighted by Crippen LogP contribution is 2.52. The van der Waals surface area contributed by atoms with Crippen LogP contribution in [0.2, 0.25) is 0 Å². The van der Waals surface area contributed by atoms with Gasteiger partial charge in [0.25, 0.3) is 0 Å². The summed E-state index contributed by atoms with van der Waals surface area (Å²) < 4.78 is 24.5. The highest BCUT2D eigenvalue weighted by molar-refractivity contribution is 5.73. The molecule has 3 bridgehead atoms. The summed E-state index contributed by atoms with van der Waals surface area (Å²) in [6.45, 7) is 5.73. The number of aliphatic hydroxyl groups excluding tert-OH is 1. The molecule has 1 aromatic rings. The van der Waals surface area contributed by atoms with E-state index in [1.54, 1.807) is 12.1 Å². The lowest BCUT2D eigenvalue weighted by molar-refractivity contribution is -0.373. The third kappa shape index (κ3) is 6.39. The Kier molecular flexibility index (Phi) is 8.27. The molecule has 0 saturated carbocycles. The lowest BCUT2D eigenvalue weighted by Crippen LogP contribution is -2.61. The summed E-state index contributed by atoms with van der Waals surface area (Å²) in [5, 5.41) is 19.7. The molecule has 3 fully saturated rings. The maximum absolute atomic E-state index is 12.8. The molecule has 8 nitrogen and oxygen atoms in total. The number of rotatable bonds is 6. The molecule has 1 spiro atoms. The molecule has 0 amide bonds. The number of esters is 2. The van der Waals surface area contributed by atoms with Gasteiger partial charge in [0.15, 0.2) is 5.79 Å². The van der Waals surface area contributed by atoms with E-state index in [1.165, 1.54) is 6.92 Å². The minimum Gasteiger partial charge on any atom is -0.508 e. The number of aryl methyl sites for hydroxylation is 1. The molecule has 0 radical (unpaired) electrons. The van der Waals surface area contributed by atoms with Gasteiger partial charge in [-0.25, -0.2) is 0 Å². The summed E-state index contributed by atoms with van der Waals surface area (Å²) in [5.41, 5.74) is 0.765. The minimum atomic E-state index is -0.983. The van der Waals surface area contributed by atoms with Gasteiger partial charge in [0.05, 0.1) is 31.2 Å². The molecule has 3 heterocycles. The number of aliphatic hydroxyl groups is 1. The quantitative estimate of drug-likeness (QED) is 0.438. The maximum Gasteiger partial charge on any atom is 0.309 e. The summed E-state index contributed by atoms with van der Waals surface area (Å²) in [6.07, 6.45) is 3.04. The average Bonchev–Trinajstić information content (AvgIpc) is 2.78. The maximum atomic E-state index is 12.8. The zero-order valence-corrected chi connectivity index (χ0v) is 21.6. The van der Waals surface area contributed by atoms with Crippen molar-refractivity contribution >= 4 is 11.9 Å². The molecule has 0 aliphatic carbocycles. The van der Waals surface area contributed by atoms with Crippen molar-refractivity contribution < 1.29 is 38.7 Å². The number of phenolic OH excluding ortho intramolecular Hbond substituents is 1. The monoisotopic (exact) mass is 504 g/mol. The molecule has 1 aromatic carbocycles. The van der Waals surface area contributed by atoms with Crippen molar-refractivity contribution in [1.29, 1.82) is 0 Å². The van der Waals surface area contributed by atoms with E-state index in [1.807, 2.05) is 12.1 Å². The first-order valence-corrected chi connectivity index (χ1v) is 13.3. The lowest BCUT2D eigenvalue weighted by atomic mass is 9.71. The topological polar surface area (TPSA) is 112 Å². The van der Waals surface area contributed by atoms with Crippen molar-refractivity contribution in [3.63, 3.8) is 0 Å². The number of ether oxygens (including phenoxy) is 4. The highest BCUT2D eigenvalue weighted by atomic mass is 16.7. The van der Waals surface area contributed by atoms with E-state index in [0.717, 1.165) is 37.7 Å². The molecule has 0 aromatic heterocycles. The van der Waals surface area contributed by atoms with Gasteiger partial charge in [-0.3, -0.25) is 9.59 Å². The molecular weight excluding hydrogens is 464 g/mol. The fourth-order valence-corrected chi connectivity index (χ4v) is 5.69. The Morgan fingerprint density at radius 1 is 1.06 bits per heavy atom. The van der Waals surface area contributed by atoms with Crippen LogP contribution in [0.25, 0.3) is 0 Å². The van der Waals surface area contributed by atoms with Crippen LogP contribution in [0.5, 0.6) is 5.75 Å². The number of phenols is 1. The van der Waals surface area contributed by atoms with Gasteiger partial charge in [0.2, 0.25) is 0 Å². The number of cyclic esters (lactones) is 1. The zero-order chi connectivity index (χ0) is 25.9. The molecule has 2 N–H and O–H groups in total. The Labute approximate surface area is 213 Å². The van der Waals surface area contributed by atoms with Gasteiger partial charge in [-0.1, -0.05) is 32.4 Å². The van der Waals surface area contributed by atoms with Crippen LogP contribution in [0.1, 0.15) is 84.1 Å². The number of carbonyl (C=O) groups excluding carboxylic acids is 2. The van der Waals surface area contributed by atoms with Gasteiger partial charge in [-0.05, 0) is 56.7 Å². The Morgan fingerprint density at radius 3 is 2.58 bits per heavy atom. The standard InChI is InChI=1S/C28H40O8/c1-18(29)24-16-26(32)33-23-14-21(10-5-4-7-19-8-6-9-20(30)13-19)35-28(17-23)27(2,3)12-11-22(36-28)15-25(31)34-24/h6,8-9,13,18,21-24,29-30H,4-5,7,10-12,14-17H2,1-3H3/t18-,21-,22-,23-,24-,28+/m1/s1. The van der Waals surface area contributed by atoms with Crippen molar-refractivity contribution in [3.05, 3.63) is 29.8 Å². The predicted octanol–water partition coefficient (Wildman–Crippen LogP) is 4.18. The van der Waals surface area contributed by atoms with Crippen molar-refractivity contribution in [2.75, 3.05) is 0 Å². The number of fused-ring (bicyclic) bond motifs is 2. The van der Waals surface area contributed by atoms with Gasteiger partial charge in [0.1, 0.15) is 18.0 Å². The highest BCUT2D eigenvalue weighted by Gasteiger charge is 2.57. The van der Waals surface area contributed by atoms with E-state index in [4.69, 9.17) is 18.9 Å². The van der Waals surface area contributed by atoms with Gasteiger partial charge in [-0.2, -0.15) is 0 Å². The van der Waals surface area contributed by atoms with Crippen LogP contribution in [0.4, 0.5) is 0 Å². The number of aromatic hydroxyl groups is 1. The Morgan fingerprint density at radius 2 is 1.83 bits per heavy atom. The Bertz CT molecular complexity index is 924. The third-order valence-electron chi connectivity index (χ3n) is 7.89. The smallest absolute Gasteiger partial charge is 0.309 e. The summed E-state index contributed by atoms with van der Waals surface area (Å²) in [5.74, 6) is -1.68. The Balaban J connectivity index is 1.49. The first kappa shape index (κ1) is 26.9. The second-order valence-corrected chi connectivity index (χ2v) is 11.3. The van der Waals surface area contributed by atoms with E-state index in [2.05, 4.69) is 13.8 Å². The predicted molar refractivity (Wildman–Crippen MR) is 131 cm³/mol. The molecule has 3 aliphatic heterocycles. The van der Waals surface area contributed by atoms with E-state index < -0.39 is 29.9 Å². The first-order chi connectivity index (χ1) is 17.0. The fourth-order valence-electron chi connectivity index (χ4n) is 5.69. The number of benzene rings is 1. The molecule has 3 saturated heterocycles. The molecule has 3 aliphatic rings. The molecule has 6 atom stereocenters. The Hall–Kier alpha value is -2.16. The average molecular weight is 505 g/mol. The van der Waals surface area contributed by atoms with E-state index in [-0.39, 0.29) is 42.3 Å². The molecule has 8 heteroatoms. The van der Waals surface area contributed by atoms with Crippen LogP contribution in [-0.2, 0) is 35.0 Å². The van der Waals surface area contributed by atoms with Crippen LogP contribution < -0.4 is 0 Å². The van der Waals surface area contributed by atoms with Crippen molar-refractivity contribution in [3.8, 4) is 5.75 Å². The normalized spacial score (nSPS) is 33.4. The number of hydrogen-bond donors (Lipinski definition) is 2. The van der Waals surface area contributed by atoms with Gasteiger partial charge < -0.3 is 29.2 Å². The van der Waals surface area contributed by atoms with Crippen LogP contribution >= 0.6 is 0 Å². The second kappa shape index (κ2) is 11.1. The van der Waals surface area contributed by atoms with Gasteiger partial charge in [-0.15, -0.1) is 0 Å². The summed E-state index contributed by atoms with van der Waals surface area (Å²) >= 11 is 0. The lowest BCUT2D eigenvalue weighted by Gasteiger charge is -2.56. The summed E-state index contributed by atoms with van der Waals surface area (Å²) in [4.78, 5) is 25.4. The second-order valence-electron chi connectivity index (χ2n) is 11.3. The molecule has 0 unspecified atom stereocenters. The van der Waals surface area contributed by atoms with Crippen LogP contribution in [0.3, 0.4) is 0 Å². The minimum absolute atomic E-state index is 0.0543. The van der Waals surface area contributed by atoms with Crippen LogP contribution in [0, 0.1) is 5.41 Å². The van der Waals surface area contributed by atoms with E-state index in [9.17, 15) is 19.8 Å². The van der Waals surface area contributed by atoms with Crippen molar-refractivity contribution in [1.82, 2.24) is 0 Å². The number of unbranched alkanes of at least 4 members (excludes halogenated alkanes) is 1.